The van der Waals surface area contributed by atoms with Crippen LogP contribution in [0.4, 0.5) is 10.5 Å². The highest BCUT2D eigenvalue weighted by atomic mass is 16.5. The number of rotatable bonds is 7. The lowest BCUT2D eigenvalue weighted by molar-refractivity contribution is 0.252. The summed E-state index contributed by atoms with van der Waals surface area (Å²) in [6.07, 6.45) is 1.59. The van der Waals surface area contributed by atoms with E-state index in [1.165, 1.54) is 0 Å². The molecule has 3 rings (SSSR count). The first-order valence-corrected chi connectivity index (χ1v) is 9.18. The fourth-order valence-electron chi connectivity index (χ4n) is 2.81. The normalized spacial score (nSPS) is 10.8. The summed E-state index contributed by atoms with van der Waals surface area (Å²) in [5.74, 6) is 1.46. The van der Waals surface area contributed by atoms with Crippen LogP contribution in [0, 0.1) is 0 Å². The Morgan fingerprint density at radius 1 is 1.00 bits per heavy atom. The molecule has 0 aliphatic carbocycles. The second-order valence-corrected chi connectivity index (χ2v) is 5.92. The van der Waals surface area contributed by atoms with Gasteiger partial charge >= 0.3 is 6.03 Å². The molecule has 2 amide bonds. The van der Waals surface area contributed by atoms with Crippen LogP contribution in [0.15, 0.2) is 65.8 Å². The number of ether oxygens (including phenoxy) is 2. The van der Waals surface area contributed by atoms with E-state index in [4.69, 9.17) is 9.47 Å². The molecule has 0 radical (unpaired) electrons. The third-order valence-electron chi connectivity index (χ3n) is 4.00. The van der Waals surface area contributed by atoms with Gasteiger partial charge in [-0.3, -0.25) is 0 Å². The molecule has 6 nitrogen and oxygen atoms in total. The molecule has 6 heteroatoms. The quantitative estimate of drug-likeness (QED) is 0.459. The molecule has 28 heavy (non-hydrogen) atoms. The first-order valence-electron chi connectivity index (χ1n) is 9.18. The smallest absolute Gasteiger partial charge is 0.339 e. The number of anilines is 1. The molecule has 144 valence electrons. The van der Waals surface area contributed by atoms with Crippen molar-refractivity contribution in [2.45, 2.75) is 13.8 Å². The van der Waals surface area contributed by atoms with Gasteiger partial charge in [0.1, 0.15) is 11.5 Å². The molecule has 0 aliphatic heterocycles. The lowest BCUT2D eigenvalue weighted by Gasteiger charge is -2.12. The number of urea groups is 1. The molecular weight excluding hydrogens is 354 g/mol. The SMILES string of the molecule is CCOc1ccc2ccc(OCC)c(/C=N/NC(=O)Nc3ccccc3)c2c1. The van der Waals surface area contributed by atoms with Crippen molar-refractivity contribution < 1.29 is 14.3 Å². The maximum Gasteiger partial charge on any atom is 0.339 e. The lowest BCUT2D eigenvalue weighted by atomic mass is 10.0. The van der Waals surface area contributed by atoms with Gasteiger partial charge in [0.15, 0.2) is 0 Å². The molecule has 0 heterocycles. The summed E-state index contributed by atoms with van der Waals surface area (Å²) in [6.45, 7) is 4.98. The molecule has 3 aromatic rings. The zero-order chi connectivity index (χ0) is 19.8. The number of carbonyl (C=O) groups excluding carboxylic acids is 1. The summed E-state index contributed by atoms with van der Waals surface area (Å²) < 4.78 is 11.4. The fourth-order valence-corrected chi connectivity index (χ4v) is 2.81. The molecule has 2 N–H and O–H groups in total. The largest absolute Gasteiger partial charge is 0.494 e. The van der Waals surface area contributed by atoms with Crippen molar-refractivity contribution in [3.8, 4) is 11.5 Å². The summed E-state index contributed by atoms with van der Waals surface area (Å²) in [7, 11) is 0. The van der Waals surface area contributed by atoms with Crippen LogP contribution in [-0.4, -0.2) is 25.5 Å². The molecule has 0 fully saturated rings. The summed E-state index contributed by atoms with van der Waals surface area (Å²) in [6, 6.07) is 18.5. The van der Waals surface area contributed by atoms with Crippen molar-refractivity contribution in [3.05, 3.63) is 66.2 Å². The van der Waals surface area contributed by atoms with Crippen LogP contribution in [0.2, 0.25) is 0 Å². The van der Waals surface area contributed by atoms with E-state index in [-0.39, 0.29) is 0 Å². The van der Waals surface area contributed by atoms with Gasteiger partial charge in [0.05, 0.1) is 19.4 Å². The highest BCUT2D eigenvalue weighted by Gasteiger charge is 2.09. The lowest BCUT2D eigenvalue weighted by Crippen LogP contribution is -2.24. The Labute approximate surface area is 164 Å². The van der Waals surface area contributed by atoms with Crippen molar-refractivity contribution in [2.75, 3.05) is 18.5 Å². The minimum atomic E-state index is -0.421. The maximum absolute atomic E-state index is 12.0. The molecule has 0 aromatic heterocycles. The number of hydrazone groups is 1. The van der Waals surface area contributed by atoms with Crippen LogP contribution >= 0.6 is 0 Å². The van der Waals surface area contributed by atoms with E-state index >= 15 is 0 Å². The molecular formula is C22H23N3O3. The average molecular weight is 377 g/mol. The van der Waals surface area contributed by atoms with Gasteiger partial charge in [0.25, 0.3) is 0 Å². The van der Waals surface area contributed by atoms with Crippen molar-refractivity contribution in [1.82, 2.24) is 5.43 Å². The Bertz CT molecular complexity index is 966. The number of amides is 2. The molecule has 3 aromatic carbocycles. The number of benzene rings is 3. The number of carbonyl (C=O) groups is 1. The minimum absolute atomic E-state index is 0.421. The van der Waals surface area contributed by atoms with Gasteiger partial charge in [-0.1, -0.05) is 30.3 Å². The number of fused-ring (bicyclic) bond motifs is 1. The van der Waals surface area contributed by atoms with Crippen LogP contribution in [0.1, 0.15) is 19.4 Å². The van der Waals surface area contributed by atoms with Crippen LogP contribution in [0.5, 0.6) is 11.5 Å². The topological polar surface area (TPSA) is 72.0 Å². The maximum atomic E-state index is 12.0. The van der Waals surface area contributed by atoms with E-state index in [1.54, 1.807) is 18.3 Å². The van der Waals surface area contributed by atoms with Crippen molar-refractivity contribution in [3.63, 3.8) is 0 Å². The zero-order valence-corrected chi connectivity index (χ0v) is 15.9. The monoisotopic (exact) mass is 377 g/mol. The van der Waals surface area contributed by atoms with Crippen LogP contribution < -0.4 is 20.2 Å². The number of nitrogens with zero attached hydrogens (tertiary/aromatic N) is 1. The third-order valence-corrected chi connectivity index (χ3v) is 4.00. The number of para-hydroxylation sites is 1. The van der Waals surface area contributed by atoms with Gasteiger partial charge in [-0.05, 0) is 55.0 Å². The minimum Gasteiger partial charge on any atom is -0.494 e. The molecule has 0 atom stereocenters. The van der Waals surface area contributed by atoms with Gasteiger partial charge in [-0.25, -0.2) is 10.2 Å². The highest BCUT2D eigenvalue weighted by molar-refractivity contribution is 6.03. The van der Waals surface area contributed by atoms with Crippen LogP contribution in [-0.2, 0) is 0 Å². The Balaban J connectivity index is 1.84. The predicted molar refractivity (Wildman–Crippen MR) is 112 cm³/mol. The van der Waals surface area contributed by atoms with Gasteiger partial charge in [0, 0.05) is 11.3 Å². The molecule has 0 unspecified atom stereocenters. The fraction of sp³-hybridized carbons (Fsp3) is 0.182. The van der Waals surface area contributed by atoms with Gasteiger partial charge in [-0.15, -0.1) is 0 Å². The first kappa shape index (κ1) is 19.2. The van der Waals surface area contributed by atoms with E-state index in [1.807, 2.05) is 62.4 Å². The Morgan fingerprint density at radius 2 is 1.75 bits per heavy atom. The Hall–Kier alpha value is -3.54. The summed E-state index contributed by atoms with van der Waals surface area (Å²) in [5, 5.41) is 8.78. The van der Waals surface area contributed by atoms with Crippen molar-refractivity contribution in [1.29, 1.82) is 0 Å². The third kappa shape index (κ3) is 4.79. The molecule has 0 saturated heterocycles. The standard InChI is InChI=1S/C22H23N3O3/c1-3-27-18-12-10-16-11-13-21(28-4-2)20(19(16)14-18)15-23-25-22(26)24-17-8-6-5-7-9-17/h5-15H,3-4H2,1-2H3,(H2,24,25,26)/b23-15+. The van der Waals surface area contributed by atoms with Gasteiger partial charge in [0.2, 0.25) is 0 Å². The molecule has 0 spiro atoms. The van der Waals surface area contributed by atoms with Crippen molar-refractivity contribution >= 4 is 28.7 Å². The van der Waals surface area contributed by atoms with Crippen LogP contribution in [0.3, 0.4) is 0 Å². The average Bonchev–Trinajstić information content (AvgIpc) is 2.70. The van der Waals surface area contributed by atoms with Crippen LogP contribution in [0.25, 0.3) is 10.8 Å². The molecule has 0 bridgehead atoms. The number of nitrogens with one attached hydrogen (secondary N) is 2. The molecule has 0 aliphatic rings. The zero-order valence-electron chi connectivity index (χ0n) is 15.9. The second-order valence-electron chi connectivity index (χ2n) is 5.92. The second kappa shape index (κ2) is 9.41. The summed E-state index contributed by atoms with van der Waals surface area (Å²) in [4.78, 5) is 12.0. The summed E-state index contributed by atoms with van der Waals surface area (Å²) >= 11 is 0. The van der Waals surface area contributed by atoms with E-state index in [0.717, 1.165) is 22.1 Å². The number of hydrogen-bond acceptors (Lipinski definition) is 4. The van der Waals surface area contributed by atoms with Gasteiger partial charge in [-0.2, -0.15) is 5.10 Å². The van der Waals surface area contributed by atoms with E-state index in [9.17, 15) is 4.79 Å². The van der Waals surface area contributed by atoms with Gasteiger partial charge < -0.3 is 14.8 Å². The predicted octanol–water partition coefficient (Wildman–Crippen LogP) is 4.79. The summed E-state index contributed by atoms with van der Waals surface area (Å²) in [5.41, 5.74) is 3.96. The van der Waals surface area contributed by atoms with E-state index in [2.05, 4.69) is 15.8 Å². The van der Waals surface area contributed by atoms with Crippen molar-refractivity contribution in [2.24, 2.45) is 5.10 Å². The van der Waals surface area contributed by atoms with E-state index in [0.29, 0.717) is 24.7 Å². The Kier molecular flexibility index (Phi) is 6.46. The number of hydrogen-bond donors (Lipinski definition) is 2. The first-order chi connectivity index (χ1) is 13.7. The highest BCUT2D eigenvalue weighted by Crippen LogP contribution is 2.30. The molecule has 0 saturated carbocycles. The van der Waals surface area contributed by atoms with E-state index < -0.39 is 6.03 Å². The Morgan fingerprint density at radius 3 is 2.50 bits per heavy atom.